The predicted octanol–water partition coefficient (Wildman–Crippen LogP) is 5.18. The van der Waals surface area contributed by atoms with E-state index in [9.17, 15) is 34.5 Å². The Balaban J connectivity index is 2.18. The number of Topliss-reactive ketones (excluding diaryl/α,β-unsaturated/α-hetero) is 2. The fourth-order valence-corrected chi connectivity index (χ4v) is 6.94. The van der Waals surface area contributed by atoms with Gasteiger partial charge in [-0.25, -0.2) is 0 Å². The zero-order valence-corrected chi connectivity index (χ0v) is 21.6. The molecule has 0 aromatic heterocycles. The molecule has 7 heteroatoms. The largest absolute Gasteiger partial charge is 0.507 e. The van der Waals surface area contributed by atoms with Crippen LogP contribution in [0.1, 0.15) is 106 Å². The summed E-state index contributed by atoms with van der Waals surface area (Å²) in [6.07, 6.45) is 3.11. The van der Waals surface area contributed by atoms with Crippen molar-refractivity contribution < 1.29 is 34.5 Å². The number of rotatable bonds is 10. The molecule has 192 valence electrons. The van der Waals surface area contributed by atoms with E-state index in [1.54, 1.807) is 6.92 Å². The Bertz CT molecular complexity index is 1020. The standard InChI is InChI=1S/C28H38O7/c1-14(2)11-19(21-25(34)16(12-29)24(33)17(13-30)26(21)35)28(6)10-9-20(32)23(28)22-18(27(22,4)5)8-7-15(3)31/h12-14,18-19,22-23,33-35H,7-11H2,1-6H3/t18?,19?,22?,23-,28-/m1/s1. The van der Waals surface area contributed by atoms with Crippen LogP contribution in [0.4, 0.5) is 0 Å². The number of aldehydes is 2. The molecule has 7 nitrogen and oxygen atoms in total. The number of carbonyl (C=O) groups excluding carboxylic acids is 4. The summed E-state index contributed by atoms with van der Waals surface area (Å²) in [7, 11) is 0. The number of ketones is 2. The number of hydrogen-bond donors (Lipinski definition) is 3. The Hall–Kier alpha value is -2.70. The molecule has 2 fully saturated rings. The van der Waals surface area contributed by atoms with Gasteiger partial charge in [-0.1, -0.05) is 34.6 Å². The van der Waals surface area contributed by atoms with Crippen molar-refractivity contribution in [2.24, 2.45) is 34.5 Å². The predicted molar refractivity (Wildman–Crippen MR) is 131 cm³/mol. The second kappa shape index (κ2) is 9.40. The molecular weight excluding hydrogens is 448 g/mol. The first-order valence-corrected chi connectivity index (χ1v) is 12.5. The molecule has 0 amide bonds. The highest BCUT2D eigenvalue weighted by molar-refractivity contribution is 5.95. The van der Waals surface area contributed by atoms with Gasteiger partial charge in [0.25, 0.3) is 0 Å². The van der Waals surface area contributed by atoms with E-state index >= 15 is 0 Å². The van der Waals surface area contributed by atoms with Gasteiger partial charge in [0.1, 0.15) is 28.8 Å². The Morgan fingerprint density at radius 3 is 2.03 bits per heavy atom. The van der Waals surface area contributed by atoms with Gasteiger partial charge in [0.15, 0.2) is 12.6 Å². The molecule has 3 rings (SSSR count). The molecule has 2 aliphatic carbocycles. The quantitative estimate of drug-likeness (QED) is 0.388. The lowest BCUT2D eigenvalue weighted by Gasteiger charge is -2.41. The summed E-state index contributed by atoms with van der Waals surface area (Å²) in [4.78, 5) is 48.5. The van der Waals surface area contributed by atoms with E-state index in [4.69, 9.17) is 0 Å². The van der Waals surface area contributed by atoms with Crippen molar-refractivity contribution in [1.29, 1.82) is 0 Å². The fourth-order valence-electron chi connectivity index (χ4n) is 6.94. The highest BCUT2D eigenvalue weighted by Crippen LogP contribution is 2.71. The van der Waals surface area contributed by atoms with Gasteiger partial charge in [-0.15, -0.1) is 0 Å². The van der Waals surface area contributed by atoms with Crippen LogP contribution in [0.25, 0.3) is 0 Å². The van der Waals surface area contributed by atoms with E-state index in [0.29, 0.717) is 32.1 Å². The minimum absolute atomic E-state index is 0.0432. The van der Waals surface area contributed by atoms with Gasteiger partial charge < -0.3 is 20.1 Å². The van der Waals surface area contributed by atoms with Crippen LogP contribution in [0.3, 0.4) is 0 Å². The van der Waals surface area contributed by atoms with Crippen LogP contribution in [-0.4, -0.2) is 39.5 Å². The van der Waals surface area contributed by atoms with Crippen LogP contribution in [-0.2, 0) is 9.59 Å². The zero-order chi connectivity index (χ0) is 26.5. The number of phenolic OH excluding ortho intramolecular Hbond substituents is 3. The number of hydrogen-bond acceptors (Lipinski definition) is 7. The summed E-state index contributed by atoms with van der Waals surface area (Å²) >= 11 is 0. The average Bonchev–Trinajstić information content (AvgIpc) is 3.14. The summed E-state index contributed by atoms with van der Waals surface area (Å²) < 4.78 is 0. The Morgan fingerprint density at radius 2 is 1.57 bits per heavy atom. The van der Waals surface area contributed by atoms with Crippen LogP contribution in [0.2, 0.25) is 0 Å². The van der Waals surface area contributed by atoms with Crippen molar-refractivity contribution in [1.82, 2.24) is 0 Å². The second-order valence-electron chi connectivity index (χ2n) is 11.8. The first-order chi connectivity index (χ1) is 16.2. The molecule has 0 bridgehead atoms. The Labute approximate surface area is 206 Å². The van der Waals surface area contributed by atoms with Crippen molar-refractivity contribution in [3.63, 3.8) is 0 Å². The minimum Gasteiger partial charge on any atom is -0.507 e. The van der Waals surface area contributed by atoms with E-state index in [2.05, 4.69) is 13.8 Å². The summed E-state index contributed by atoms with van der Waals surface area (Å²) in [5.41, 5.74) is -1.64. The van der Waals surface area contributed by atoms with Crippen molar-refractivity contribution in [3.8, 4) is 17.2 Å². The van der Waals surface area contributed by atoms with Crippen LogP contribution >= 0.6 is 0 Å². The molecule has 2 aliphatic rings. The average molecular weight is 487 g/mol. The topological polar surface area (TPSA) is 129 Å². The molecule has 3 unspecified atom stereocenters. The maximum absolute atomic E-state index is 13.4. The molecule has 0 spiro atoms. The van der Waals surface area contributed by atoms with E-state index < -0.39 is 39.7 Å². The highest BCUT2D eigenvalue weighted by atomic mass is 16.3. The van der Waals surface area contributed by atoms with E-state index in [0.717, 1.165) is 0 Å². The van der Waals surface area contributed by atoms with Gasteiger partial charge in [-0.2, -0.15) is 0 Å². The fraction of sp³-hybridized carbons (Fsp3) is 0.643. The van der Waals surface area contributed by atoms with Crippen LogP contribution in [0.15, 0.2) is 0 Å². The van der Waals surface area contributed by atoms with Gasteiger partial charge in [-0.05, 0) is 60.7 Å². The third kappa shape index (κ3) is 4.38. The molecule has 2 saturated carbocycles. The summed E-state index contributed by atoms with van der Waals surface area (Å²) in [6.45, 7) is 11.8. The molecule has 1 aromatic carbocycles. The molecule has 35 heavy (non-hydrogen) atoms. The van der Waals surface area contributed by atoms with Crippen LogP contribution in [0.5, 0.6) is 17.2 Å². The maximum atomic E-state index is 13.4. The smallest absolute Gasteiger partial charge is 0.157 e. The first kappa shape index (κ1) is 26.9. The monoisotopic (exact) mass is 486 g/mol. The van der Waals surface area contributed by atoms with Crippen molar-refractivity contribution >= 4 is 24.1 Å². The first-order valence-electron chi connectivity index (χ1n) is 12.5. The molecule has 0 radical (unpaired) electrons. The molecule has 1 aromatic rings. The molecule has 5 atom stereocenters. The van der Waals surface area contributed by atoms with Crippen LogP contribution < -0.4 is 0 Å². The summed E-state index contributed by atoms with van der Waals surface area (Å²) in [5, 5.41) is 32.4. The van der Waals surface area contributed by atoms with Crippen LogP contribution in [0, 0.1) is 34.5 Å². The maximum Gasteiger partial charge on any atom is 0.157 e. The summed E-state index contributed by atoms with van der Waals surface area (Å²) in [5.74, 6) is -2.13. The van der Waals surface area contributed by atoms with Gasteiger partial charge in [0.05, 0.1) is 11.1 Å². The molecule has 0 saturated heterocycles. The number of carbonyl (C=O) groups is 4. The van der Waals surface area contributed by atoms with Gasteiger partial charge >= 0.3 is 0 Å². The number of benzene rings is 1. The highest BCUT2D eigenvalue weighted by Gasteiger charge is 2.67. The lowest BCUT2D eigenvalue weighted by atomic mass is 9.62. The number of aromatic hydroxyl groups is 3. The van der Waals surface area contributed by atoms with Gasteiger partial charge in [-0.3, -0.25) is 14.4 Å². The van der Waals surface area contributed by atoms with E-state index in [-0.39, 0.29) is 58.8 Å². The van der Waals surface area contributed by atoms with E-state index in [1.807, 2.05) is 20.8 Å². The zero-order valence-electron chi connectivity index (χ0n) is 21.6. The van der Waals surface area contributed by atoms with Gasteiger partial charge in [0.2, 0.25) is 0 Å². The number of phenols is 3. The molecular formula is C28H38O7. The van der Waals surface area contributed by atoms with Crippen molar-refractivity contribution in [3.05, 3.63) is 16.7 Å². The molecule has 0 heterocycles. The Kier molecular flexibility index (Phi) is 7.22. The van der Waals surface area contributed by atoms with Crippen molar-refractivity contribution in [2.45, 2.75) is 79.6 Å². The lowest BCUT2D eigenvalue weighted by molar-refractivity contribution is -0.123. The van der Waals surface area contributed by atoms with E-state index in [1.165, 1.54) is 0 Å². The second-order valence-corrected chi connectivity index (χ2v) is 11.8. The SMILES string of the molecule is CC(=O)CCC1C([C@H]2C(=O)CC[C@]2(C)C(CC(C)C)c2c(O)c(C=O)c(O)c(C=O)c2O)C1(C)C. The van der Waals surface area contributed by atoms with Gasteiger partial charge in [0, 0.05) is 24.3 Å². The Morgan fingerprint density at radius 1 is 1.03 bits per heavy atom. The van der Waals surface area contributed by atoms with Crippen molar-refractivity contribution in [2.75, 3.05) is 0 Å². The molecule has 0 aliphatic heterocycles. The normalized spacial score (nSPS) is 28.2. The summed E-state index contributed by atoms with van der Waals surface area (Å²) in [6, 6.07) is 0. The molecule has 3 N–H and O–H groups in total. The third-order valence-corrected chi connectivity index (χ3v) is 8.89. The lowest BCUT2D eigenvalue weighted by Crippen LogP contribution is -2.36. The third-order valence-electron chi connectivity index (χ3n) is 8.89. The minimum atomic E-state index is -0.756.